The summed E-state index contributed by atoms with van der Waals surface area (Å²) in [5.74, 6) is -0.264. The van der Waals surface area contributed by atoms with Gasteiger partial charge in [0.2, 0.25) is 5.88 Å². The second-order valence-corrected chi connectivity index (χ2v) is 5.18. The number of carbonyl (C=O) groups is 2. The number of ether oxygens (including phenoxy) is 2. The maximum Gasteiger partial charge on any atom is 0.339 e. The number of benzene rings is 1. The normalized spacial score (nSPS) is 16.2. The van der Waals surface area contributed by atoms with E-state index in [0.29, 0.717) is 24.4 Å². The third kappa shape index (κ3) is 3.31. The summed E-state index contributed by atoms with van der Waals surface area (Å²) in [5, 5.41) is 2.76. The first kappa shape index (κ1) is 15.0. The minimum absolute atomic E-state index is 0.311. The standard InChI is InChI=1S/C17H16N2O4/c1-22-15-7-6-11(9-18-15)10-19-16(20)14-8-12-4-2-3-5-13(12)17(21)23-14/h2-7,9,14H,8,10H2,1H3,(H,19,20)/t14-/m1/s1. The topological polar surface area (TPSA) is 77.5 Å². The van der Waals surface area contributed by atoms with Crippen molar-refractivity contribution in [3.05, 3.63) is 59.3 Å². The van der Waals surface area contributed by atoms with Crippen LogP contribution in [-0.2, 0) is 22.5 Å². The number of aromatic nitrogens is 1. The lowest BCUT2D eigenvalue weighted by Crippen LogP contribution is -2.41. The summed E-state index contributed by atoms with van der Waals surface area (Å²) in [6.45, 7) is 0.311. The van der Waals surface area contributed by atoms with E-state index in [9.17, 15) is 9.59 Å². The number of nitrogens with zero attached hydrogens (tertiary/aromatic N) is 1. The Bertz CT molecular complexity index is 728. The second kappa shape index (κ2) is 6.48. The van der Waals surface area contributed by atoms with Crippen LogP contribution in [0.15, 0.2) is 42.6 Å². The number of cyclic esters (lactones) is 1. The van der Waals surface area contributed by atoms with Gasteiger partial charge >= 0.3 is 5.97 Å². The first-order chi connectivity index (χ1) is 11.2. The van der Waals surface area contributed by atoms with Crippen molar-refractivity contribution in [3.63, 3.8) is 0 Å². The van der Waals surface area contributed by atoms with E-state index in [1.54, 1.807) is 31.5 Å². The highest BCUT2D eigenvalue weighted by Crippen LogP contribution is 2.20. The summed E-state index contributed by atoms with van der Waals surface area (Å²) in [4.78, 5) is 28.2. The Labute approximate surface area is 133 Å². The van der Waals surface area contributed by atoms with Crippen molar-refractivity contribution in [1.29, 1.82) is 0 Å². The van der Waals surface area contributed by atoms with Crippen molar-refractivity contribution in [2.24, 2.45) is 0 Å². The molecule has 0 spiro atoms. The van der Waals surface area contributed by atoms with Crippen molar-refractivity contribution < 1.29 is 19.1 Å². The molecule has 23 heavy (non-hydrogen) atoms. The number of carbonyl (C=O) groups excluding carboxylic acids is 2. The summed E-state index contributed by atoms with van der Waals surface area (Å²) in [5.41, 5.74) is 2.19. The maximum atomic E-state index is 12.2. The van der Waals surface area contributed by atoms with Crippen molar-refractivity contribution in [1.82, 2.24) is 10.3 Å². The number of fused-ring (bicyclic) bond motifs is 1. The van der Waals surface area contributed by atoms with E-state index in [1.807, 2.05) is 18.2 Å². The molecule has 1 aromatic carbocycles. The molecule has 1 aliphatic heterocycles. The first-order valence-electron chi connectivity index (χ1n) is 7.23. The predicted octanol–water partition coefficient (Wildman–Crippen LogP) is 1.49. The van der Waals surface area contributed by atoms with E-state index >= 15 is 0 Å². The fraction of sp³-hybridized carbons (Fsp3) is 0.235. The third-order valence-electron chi connectivity index (χ3n) is 3.66. The van der Waals surface area contributed by atoms with Crippen molar-refractivity contribution in [2.75, 3.05) is 7.11 Å². The molecule has 0 radical (unpaired) electrons. The molecule has 0 saturated heterocycles. The van der Waals surface area contributed by atoms with E-state index in [-0.39, 0.29) is 5.91 Å². The molecule has 3 rings (SSSR count). The van der Waals surface area contributed by atoms with Crippen LogP contribution in [0.5, 0.6) is 5.88 Å². The molecule has 2 heterocycles. The summed E-state index contributed by atoms with van der Waals surface area (Å²) in [6, 6.07) is 10.7. The highest BCUT2D eigenvalue weighted by molar-refractivity contribution is 5.95. The van der Waals surface area contributed by atoms with Gasteiger partial charge in [-0.15, -0.1) is 0 Å². The molecule has 6 nitrogen and oxygen atoms in total. The molecule has 0 aliphatic carbocycles. The van der Waals surface area contributed by atoms with Gasteiger partial charge < -0.3 is 14.8 Å². The minimum atomic E-state index is -0.802. The Balaban J connectivity index is 1.61. The molecule has 0 fully saturated rings. The number of pyridine rings is 1. The number of rotatable bonds is 4. The number of hydrogen-bond donors (Lipinski definition) is 1. The van der Waals surface area contributed by atoms with Gasteiger partial charge in [0, 0.05) is 25.2 Å². The average Bonchev–Trinajstić information content (AvgIpc) is 2.60. The van der Waals surface area contributed by atoms with Crippen LogP contribution >= 0.6 is 0 Å². The van der Waals surface area contributed by atoms with Gasteiger partial charge in [0.25, 0.3) is 5.91 Å². The van der Waals surface area contributed by atoms with Gasteiger partial charge in [-0.1, -0.05) is 24.3 Å². The predicted molar refractivity (Wildman–Crippen MR) is 82.0 cm³/mol. The van der Waals surface area contributed by atoms with Gasteiger partial charge in [-0.2, -0.15) is 0 Å². The molecule has 0 saturated carbocycles. The van der Waals surface area contributed by atoms with E-state index in [4.69, 9.17) is 9.47 Å². The van der Waals surface area contributed by atoms with Gasteiger partial charge in [0.1, 0.15) is 0 Å². The van der Waals surface area contributed by atoms with E-state index in [1.165, 1.54) is 0 Å². The van der Waals surface area contributed by atoms with E-state index in [0.717, 1.165) is 11.1 Å². The summed E-state index contributed by atoms with van der Waals surface area (Å²) in [6.07, 6.45) is 1.21. The number of hydrogen-bond acceptors (Lipinski definition) is 5. The van der Waals surface area contributed by atoms with Crippen molar-refractivity contribution in [3.8, 4) is 5.88 Å². The van der Waals surface area contributed by atoms with Crippen LogP contribution in [-0.4, -0.2) is 30.1 Å². The third-order valence-corrected chi connectivity index (χ3v) is 3.66. The number of esters is 1. The van der Waals surface area contributed by atoms with Gasteiger partial charge in [0.15, 0.2) is 6.10 Å². The molecule has 1 aromatic heterocycles. The summed E-state index contributed by atoms with van der Waals surface area (Å²) in [7, 11) is 1.54. The second-order valence-electron chi connectivity index (χ2n) is 5.18. The fourth-order valence-corrected chi connectivity index (χ4v) is 2.42. The molecule has 1 aliphatic rings. The molecule has 1 atom stereocenters. The quantitative estimate of drug-likeness (QED) is 0.866. The van der Waals surface area contributed by atoms with E-state index < -0.39 is 12.1 Å². The largest absolute Gasteiger partial charge is 0.481 e. The van der Waals surface area contributed by atoms with Gasteiger partial charge in [0.05, 0.1) is 12.7 Å². The maximum absolute atomic E-state index is 12.2. The lowest BCUT2D eigenvalue weighted by atomic mass is 9.98. The summed E-state index contributed by atoms with van der Waals surface area (Å²) >= 11 is 0. The first-order valence-corrected chi connectivity index (χ1v) is 7.23. The fourth-order valence-electron chi connectivity index (χ4n) is 2.42. The zero-order valence-electron chi connectivity index (χ0n) is 12.6. The lowest BCUT2D eigenvalue weighted by Gasteiger charge is -2.23. The van der Waals surface area contributed by atoms with Crippen LogP contribution < -0.4 is 10.1 Å². The highest BCUT2D eigenvalue weighted by atomic mass is 16.5. The number of nitrogens with one attached hydrogen (secondary N) is 1. The van der Waals surface area contributed by atoms with Crippen LogP contribution in [0.25, 0.3) is 0 Å². The van der Waals surface area contributed by atoms with E-state index in [2.05, 4.69) is 10.3 Å². The van der Waals surface area contributed by atoms with Gasteiger partial charge in [-0.3, -0.25) is 4.79 Å². The molecule has 0 bridgehead atoms. The monoisotopic (exact) mass is 312 g/mol. The summed E-state index contributed by atoms with van der Waals surface area (Å²) < 4.78 is 10.2. The Morgan fingerprint density at radius 1 is 1.35 bits per heavy atom. The van der Waals surface area contributed by atoms with Crippen molar-refractivity contribution in [2.45, 2.75) is 19.1 Å². The Morgan fingerprint density at radius 2 is 2.17 bits per heavy atom. The molecular formula is C17H16N2O4. The lowest BCUT2D eigenvalue weighted by molar-refractivity contribution is -0.130. The van der Waals surface area contributed by atoms with Crippen LogP contribution in [0.1, 0.15) is 21.5 Å². The molecule has 1 amide bonds. The van der Waals surface area contributed by atoms with Gasteiger partial charge in [-0.05, 0) is 17.2 Å². The minimum Gasteiger partial charge on any atom is -0.481 e. The average molecular weight is 312 g/mol. The Kier molecular flexibility index (Phi) is 4.23. The number of methoxy groups -OCH3 is 1. The zero-order chi connectivity index (χ0) is 16.2. The zero-order valence-corrected chi connectivity index (χ0v) is 12.6. The molecule has 1 N–H and O–H groups in total. The molecule has 6 heteroatoms. The smallest absolute Gasteiger partial charge is 0.339 e. The van der Waals surface area contributed by atoms with Crippen LogP contribution in [0.3, 0.4) is 0 Å². The molecule has 0 unspecified atom stereocenters. The Hall–Kier alpha value is -2.89. The van der Waals surface area contributed by atoms with Crippen molar-refractivity contribution >= 4 is 11.9 Å². The highest BCUT2D eigenvalue weighted by Gasteiger charge is 2.30. The van der Waals surface area contributed by atoms with Crippen LogP contribution in [0.2, 0.25) is 0 Å². The van der Waals surface area contributed by atoms with Crippen LogP contribution in [0, 0.1) is 0 Å². The van der Waals surface area contributed by atoms with Gasteiger partial charge in [-0.25, -0.2) is 9.78 Å². The molecule has 2 aromatic rings. The molecular weight excluding hydrogens is 296 g/mol. The number of amides is 1. The molecule has 118 valence electrons. The SMILES string of the molecule is COc1ccc(CNC(=O)[C@H]2Cc3ccccc3C(=O)O2)cn1. The van der Waals surface area contributed by atoms with Crippen LogP contribution in [0.4, 0.5) is 0 Å². The Morgan fingerprint density at radius 3 is 2.91 bits per heavy atom.